The van der Waals surface area contributed by atoms with E-state index in [1.54, 1.807) is 20.8 Å². The molecule has 0 radical (unpaired) electrons. The van der Waals surface area contributed by atoms with Crippen LogP contribution in [-0.2, 0) is 9.59 Å². The minimum absolute atomic E-state index is 0. The summed E-state index contributed by atoms with van der Waals surface area (Å²) >= 11 is 0. The Morgan fingerprint density at radius 2 is 1.80 bits per heavy atom. The zero-order valence-corrected chi connectivity index (χ0v) is 11.7. The molecule has 4 nitrogen and oxygen atoms in total. The monoisotopic (exact) mass is 222 g/mol. The van der Waals surface area contributed by atoms with Crippen LogP contribution in [0.2, 0.25) is 0 Å². The van der Waals surface area contributed by atoms with E-state index in [1.165, 1.54) is 0 Å². The zero-order valence-electron chi connectivity index (χ0n) is 9.66. The molecule has 0 aromatic carbocycles. The van der Waals surface area contributed by atoms with Crippen molar-refractivity contribution in [3.05, 3.63) is 0 Å². The Morgan fingerprint density at radius 1 is 1.33 bits per heavy atom. The van der Waals surface area contributed by atoms with Gasteiger partial charge in [-0.15, -0.1) is 0 Å². The number of carbonyl (C=O) groups is 2. The van der Waals surface area contributed by atoms with Crippen molar-refractivity contribution in [2.45, 2.75) is 33.6 Å². The minimum Gasteiger partial charge on any atom is -0.550 e. The van der Waals surface area contributed by atoms with Crippen molar-refractivity contribution in [1.82, 2.24) is 0 Å². The van der Waals surface area contributed by atoms with Gasteiger partial charge >= 0.3 is 35.5 Å². The van der Waals surface area contributed by atoms with Crippen molar-refractivity contribution >= 4 is 11.9 Å². The molecule has 0 aromatic rings. The molecule has 0 amide bonds. The molecule has 0 heterocycles. The standard InChI is InChI=1S/C10H16O4.Na/c1-9(2)6(7(11)12)4-5-10(9,3)8(13)14;/h6H,4-5H2,1-3H3,(H,11,12)(H,13,14);/q;+1/p-1. The Bertz CT molecular complexity index is 287. The third-order valence-corrected chi connectivity index (χ3v) is 3.98. The molecule has 1 N–H and O–H groups in total. The average Bonchev–Trinajstić information content (AvgIpc) is 2.24. The number of carboxylic acids is 2. The molecular weight excluding hydrogens is 207 g/mol. The maximum Gasteiger partial charge on any atom is 1.00 e. The Hall–Kier alpha value is -0.0600. The third kappa shape index (κ3) is 2.08. The molecule has 80 valence electrons. The molecule has 0 spiro atoms. The van der Waals surface area contributed by atoms with Crippen LogP contribution in [0.1, 0.15) is 33.6 Å². The van der Waals surface area contributed by atoms with Crippen LogP contribution in [-0.4, -0.2) is 17.0 Å². The molecule has 0 aliphatic heterocycles. The van der Waals surface area contributed by atoms with E-state index in [1.807, 2.05) is 0 Å². The summed E-state index contributed by atoms with van der Waals surface area (Å²) < 4.78 is 0. The molecule has 0 aromatic heterocycles. The first-order valence-electron chi connectivity index (χ1n) is 4.68. The van der Waals surface area contributed by atoms with Crippen LogP contribution >= 0.6 is 0 Å². The minimum atomic E-state index is -1.14. The van der Waals surface area contributed by atoms with Crippen molar-refractivity contribution in [3.8, 4) is 0 Å². The van der Waals surface area contributed by atoms with Crippen molar-refractivity contribution in [1.29, 1.82) is 0 Å². The summed E-state index contributed by atoms with van der Waals surface area (Å²) in [5.41, 5.74) is -1.71. The van der Waals surface area contributed by atoms with Gasteiger partial charge in [-0.05, 0) is 25.2 Å². The van der Waals surface area contributed by atoms with E-state index >= 15 is 0 Å². The van der Waals surface area contributed by atoms with Crippen LogP contribution in [0.15, 0.2) is 0 Å². The van der Waals surface area contributed by atoms with Crippen LogP contribution in [0, 0.1) is 16.7 Å². The molecule has 1 aliphatic carbocycles. The quantitative estimate of drug-likeness (QED) is 0.514. The molecule has 15 heavy (non-hydrogen) atoms. The SMILES string of the molecule is CC1(C(=O)O)CCC(C(=O)[O-])C1(C)C.[Na+]. The molecule has 0 saturated heterocycles. The van der Waals surface area contributed by atoms with E-state index in [4.69, 9.17) is 5.11 Å². The average molecular weight is 222 g/mol. The van der Waals surface area contributed by atoms with Crippen molar-refractivity contribution < 1.29 is 49.4 Å². The van der Waals surface area contributed by atoms with E-state index in [9.17, 15) is 14.7 Å². The number of carboxylic acid groups (broad SMARTS) is 2. The molecule has 1 rings (SSSR count). The first kappa shape index (κ1) is 14.9. The van der Waals surface area contributed by atoms with Crippen LogP contribution in [0.5, 0.6) is 0 Å². The predicted molar refractivity (Wildman–Crippen MR) is 47.3 cm³/mol. The van der Waals surface area contributed by atoms with E-state index in [0.29, 0.717) is 12.8 Å². The summed E-state index contributed by atoms with van der Waals surface area (Å²) in [6.45, 7) is 4.99. The van der Waals surface area contributed by atoms with Crippen molar-refractivity contribution in [2.75, 3.05) is 0 Å². The molecule has 0 bridgehead atoms. The van der Waals surface area contributed by atoms with E-state index < -0.39 is 28.7 Å². The molecule has 1 aliphatic rings. The van der Waals surface area contributed by atoms with Crippen LogP contribution < -0.4 is 34.7 Å². The van der Waals surface area contributed by atoms with Gasteiger partial charge < -0.3 is 15.0 Å². The largest absolute Gasteiger partial charge is 1.00 e. The summed E-state index contributed by atoms with van der Waals surface area (Å²) in [5.74, 6) is -2.73. The maximum absolute atomic E-state index is 11.1. The van der Waals surface area contributed by atoms with Crippen LogP contribution in [0.3, 0.4) is 0 Å². The number of hydrogen-bond donors (Lipinski definition) is 1. The van der Waals surface area contributed by atoms with Crippen molar-refractivity contribution in [3.63, 3.8) is 0 Å². The summed E-state index contributed by atoms with van der Waals surface area (Å²) in [6.07, 6.45) is 0.784. The summed E-state index contributed by atoms with van der Waals surface area (Å²) in [7, 11) is 0. The summed E-state index contributed by atoms with van der Waals surface area (Å²) in [6, 6.07) is 0. The Labute approximate surface area is 111 Å². The fourth-order valence-corrected chi connectivity index (χ4v) is 2.30. The van der Waals surface area contributed by atoms with Crippen LogP contribution in [0.4, 0.5) is 0 Å². The smallest absolute Gasteiger partial charge is 0.550 e. The molecule has 1 saturated carbocycles. The van der Waals surface area contributed by atoms with Gasteiger partial charge in [0.25, 0.3) is 0 Å². The van der Waals surface area contributed by atoms with E-state index in [0.717, 1.165) is 0 Å². The second-order valence-electron chi connectivity index (χ2n) is 4.77. The zero-order chi connectivity index (χ0) is 11.1. The second kappa shape index (κ2) is 4.44. The number of carbonyl (C=O) groups excluding carboxylic acids is 1. The van der Waals surface area contributed by atoms with Gasteiger partial charge in [0.15, 0.2) is 0 Å². The second-order valence-corrected chi connectivity index (χ2v) is 4.77. The topological polar surface area (TPSA) is 77.4 Å². The van der Waals surface area contributed by atoms with Crippen molar-refractivity contribution in [2.24, 2.45) is 16.7 Å². The normalized spacial score (nSPS) is 33.1. The summed E-state index contributed by atoms with van der Waals surface area (Å²) in [4.78, 5) is 21.9. The maximum atomic E-state index is 11.1. The van der Waals surface area contributed by atoms with E-state index in [2.05, 4.69) is 0 Å². The molecule has 2 unspecified atom stereocenters. The molecular formula is C10H15NaO4. The van der Waals surface area contributed by atoms with Crippen LogP contribution in [0.25, 0.3) is 0 Å². The fourth-order valence-electron chi connectivity index (χ4n) is 2.30. The number of aliphatic carboxylic acids is 2. The van der Waals surface area contributed by atoms with Gasteiger partial charge in [0.1, 0.15) is 0 Å². The van der Waals surface area contributed by atoms with Gasteiger partial charge in [0.2, 0.25) is 0 Å². The first-order chi connectivity index (χ1) is 6.23. The fraction of sp³-hybridized carbons (Fsp3) is 0.800. The predicted octanol–water partition coefficient (Wildman–Crippen LogP) is -2.73. The molecule has 2 atom stereocenters. The van der Waals surface area contributed by atoms with Gasteiger partial charge in [0, 0.05) is 11.9 Å². The Balaban J connectivity index is 0.00000196. The van der Waals surface area contributed by atoms with Gasteiger partial charge in [0.05, 0.1) is 5.41 Å². The van der Waals surface area contributed by atoms with Gasteiger partial charge in [-0.2, -0.15) is 0 Å². The molecule has 1 fully saturated rings. The first-order valence-corrected chi connectivity index (χ1v) is 4.68. The molecule has 5 heteroatoms. The third-order valence-electron chi connectivity index (χ3n) is 3.98. The summed E-state index contributed by atoms with van der Waals surface area (Å²) in [5, 5.41) is 19.9. The van der Waals surface area contributed by atoms with E-state index in [-0.39, 0.29) is 29.6 Å². The van der Waals surface area contributed by atoms with Gasteiger partial charge in [-0.25, -0.2) is 0 Å². The Kier molecular flexibility index (Phi) is 4.42. The van der Waals surface area contributed by atoms with Gasteiger partial charge in [-0.3, -0.25) is 4.79 Å². The number of hydrogen-bond acceptors (Lipinski definition) is 3. The van der Waals surface area contributed by atoms with Gasteiger partial charge in [-0.1, -0.05) is 13.8 Å². The number of rotatable bonds is 2. The Morgan fingerprint density at radius 3 is 2.00 bits per heavy atom.